The number of thioether (sulfide) groups is 1. The topological polar surface area (TPSA) is 70.6 Å². The molecule has 0 radical (unpaired) electrons. The first kappa shape index (κ1) is 18.7. The minimum atomic E-state index is -0.817. The highest BCUT2D eigenvalue weighted by molar-refractivity contribution is 7.99. The minimum Gasteiger partial charge on any atom is -0.489 e. The lowest BCUT2D eigenvalue weighted by molar-refractivity contribution is -0.122. The Labute approximate surface area is 150 Å². The lowest BCUT2D eigenvalue weighted by Crippen LogP contribution is -2.43. The van der Waals surface area contributed by atoms with Crippen LogP contribution in [0.1, 0.15) is 6.42 Å². The van der Waals surface area contributed by atoms with Gasteiger partial charge in [-0.05, 0) is 12.1 Å². The fraction of sp³-hybridized carbons (Fsp3) is 0.533. The van der Waals surface area contributed by atoms with Crippen molar-refractivity contribution in [2.45, 2.75) is 18.6 Å². The molecule has 0 spiro atoms. The van der Waals surface area contributed by atoms with Gasteiger partial charge in [0.25, 0.3) is 0 Å². The molecular weight excluding hydrogens is 359 g/mol. The maximum atomic E-state index is 11.8. The van der Waals surface area contributed by atoms with Crippen LogP contribution in [0.25, 0.3) is 0 Å². The Morgan fingerprint density at radius 3 is 3.09 bits per heavy atom. The van der Waals surface area contributed by atoms with E-state index in [0.29, 0.717) is 22.2 Å². The molecule has 0 aliphatic carbocycles. The van der Waals surface area contributed by atoms with Crippen molar-refractivity contribution in [1.82, 2.24) is 10.6 Å². The first-order chi connectivity index (χ1) is 11.1. The summed E-state index contributed by atoms with van der Waals surface area (Å²) >= 11 is 13.7. The van der Waals surface area contributed by atoms with Gasteiger partial charge < -0.3 is 20.5 Å². The van der Waals surface area contributed by atoms with Gasteiger partial charge in [-0.1, -0.05) is 29.3 Å². The molecule has 1 aliphatic rings. The highest BCUT2D eigenvalue weighted by atomic mass is 35.5. The highest BCUT2D eigenvalue weighted by Crippen LogP contribution is 2.31. The molecule has 0 aromatic heterocycles. The number of rotatable bonds is 7. The van der Waals surface area contributed by atoms with E-state index in [1.165, 1.54) is 0 Å². The molecule has 1 fully saturated rings. The van der Waals surface area contributed by atoms with Gasteiger partial charge in [-0.3, -0.25) is 4.79 Å². The molecule has 2 unspecified atom stereocenters. The van der Waals surface area contributed by atoms with Gasteiger partial charge in [-0.2, -0.15) is 11.8 Å². The molecule has 0 saturated carbocycles. The third kappa shape index (κ3) is 6.39. The van der Waals surface area contributed by atoms with Crippen LogP contribution < -0.4 is 15.4 Å². The fourth-order valence-corrected chi connectivity index (χ4v) is 3.41. The summed E-state index contributed by atoms with van der Waals surface area (Å²) in [5.41, 5.74) is 0. The SMILES string of the molecule is O=C(CC1CSCCN1)NCC(O)COc1cccc(Cl)c1Cl. The molecule has 2 rings (SSSR count). The van der Waals surface area contributed by atoms with E-state index < -0.39 is 6.10 Å². The maximum Gasteiger partial charge on any atom is 0.221 e. The number of nitrogens with one attached hydrogen (secondary N) is 2. The number of ether oxygens (including phenoxy) is 1. The van der Waals surface area contributed by atoms with Crippen molar-refractivity contribution in [3.63, 3.8) is 0 Å². The quantitative estimate of drug-likeness (QED) is 0.676. The van der Waals surface area contributed by atoms with Crippen LogP contribution in [-0.2, 0) is 4.79 Å². The Hall–Kier alpha value is -0.660. The van der Waals surface area contributed by atoms with E-state index in [1.54, 1.807) is 18.2 Å². The standard InChI is InChI=1S/C15H20Cl2N2O3S/c16-12-2-1-3-13(15(12)17)22-8-11(20)7-19-14(21)6-10-9-23-5-4-18-10/h1-3,10-11,18,20H,4-9H2,(H,19,21). The smallest absolute Gasteiger partial charge is 0.221 e. The van der Waals surface area contributed by atoms with Crippen LogP contribution in [0.15, 0.2) is 18.2 Å². The van der Waals surface area contributed by atoms with Crippen LogP contribution in [0.4, 0.5) is 0 Å². The molecule has 1 heterocycles. The second kappa shape index (κ2) is 9.59. The van der Waals surface area contributed by atoms with E-state index in [-0.39, 0.29) is 25.1 Å². The Bertz CT molecular complexity index is 527. The van der Waals surface area contributed by atoms with Crippen molar-refractivity contribution >= 4 is 40.9 Å². The number of carbonyl (C=O) groups is 1. The zero-order chi connectivity index (χ0) is 16.7. The van der Waals surface area contributed by atoms with Gasteiger partial charge in [0.05, 0.1) is 5.02 Å². The maximum absolute atomic E-state index is 11.8. The second-order valence-electron chi connectivity index (χ2n) is 5.25. The Kier molecular flexibility index (Phi) is 7.79. The predicted octanol–water partition coefficient (Wildman–Crippen LogP) is 1.94. The summed E-state index contributed by atoms with van der Waals surface area (Å²) in [5, 5.41) is 16.6. The first-order valence-electron chi connectivity index (χ1n) is 7.39. The number of carbonyl (C=O) groups excluding carboxylic acids is 1. The van der Waals surface area contributed by atoms with Gasteiger partial charge in [0.1, 0.15) is 23.5 Å². The number of aliphatic hydroxyl groups excluding tert-OH is 1. The number of halogens is 2. The van der Waals surface area contributed by atoms with Crippen LogP contribution >= 0.6 is 35.0 Å². The molecule has 1 aliphatic heterocycles. The molecule has 5 nitrogen and oxygen atoms in total. The number of benzene rings is 1. The first-order valence-corrected chi connectivity index (χ1v) is 9.30. The summed E-state index contributed by atoms with van der Waals surface area (Å²) < 4.78 is 5.43. The van der Waals surface area contributed by atoms with Crippen molar-refractivity contribution in [3.05, 3.63) is 28.2 Å². The van der Waals surface area contributed by atoms with Crippen molar-refractivity contribution < 1.29 is 14.6 Å². The monoisotopic (exact) mass is 378 g/mol. The largest absolute Gasteiger partial charge is 0.489 e. The molecular formula is C15H20Cl2N2O3S. The summed E-state index contributed by atoms with van der Waals surface area (Å²) in [6.45, 7) is 1.09. The zero-order valence-corrected chi connectivity index (χ0v) is 14.9. The molecule has 1 saturated heterocycles. The summed E-state index contributed by atoms with van der Waals surface area (Å²) in [4.78, 5) is 11.8. The summed E-state index contributed by atoms with van der Waals surface area (Å²) in [6, 6.07) is 5.25. The number of hydrogen-bond donors (Lipinski definition) is 3. The molecule has 2 atom stereocenters. The second-order valence-corrected chi connectivity index (χ2v) is 7.19. The number of hydrogen-bond acceptors (Lipinski definition) is 5. The van der Waals surface area contributed by atoms with Crippen molar-refractivity contribution in [1.29, 1.82) is 0 Å². The molecule has 3 N–H and O–H groups in total. The lowest BCUT2D eigenvalue weighted by atomic mass is 10.2. The Morgan fingerprint density at radius 1 is 1.52 bits per heavy atom. The third-order valence-electron chi connectivity index (χ3n) is 3.31. The normalized spacial score (nSPS) is 19.2. The van der Waals surface area contributed by atoms with Crippen molar-refractivity contribution in [3.8, 4) is 5.75 Å². The molecule has 23 heavy (non-hydrogen) atoms. The molecule has 0 bridgehead atoms. The van der Waals surface area contributed by atoms with Crippen LogP contribution in [0.3, 0.4) is 0 Å². The number of amides is 1. The molecule has 1 amide bonds. The van der Waals surface area contributed by atoms with Gasteiger partial charge in [-0.15, -0.1) is 0 Å². The van der Waals surface area contributed by atoms with Crippen LogP contribution in [0, 0.1) is 0 Å². The van der Waals surface area contributed by atoms with Crippen LogP contribution in [-0.4, -0.2) is 54.4 Å². The van der Waals surface area contributed by atoms with Crippen LogP contribution in [0.2, 0.25) is 10.0 Å². The highest BCUT2D eigenvalue weighted by Gasteiger charge is 2.17. The van der Waals surface area contributed by atoms with E-state index in [4.69, 9.17) is 27.9 Å². The average Bonchev–Trinajstić information content (AvgIpc) is 2.55. The lowest BCUT2D eigenvalue weighted by Gasteiger charge is -2.22. The van der Waals surface area contributed by atoms with Gasteiger partial charge in [-0.25, -0.2) is 0 Å². The molecule has 1 aromatic carbocycles. The fourth-order valence-electron chi connectivity index (χ4n) is 2.12. The molecule has 128 valence electrons. The van der Waals surface area contributed by atoms with Crippen molar-refractivity contribution in [2.75, 3.05) is 31.2 Å². The van der Waals surface area contributed by atoms with E-state index in [1.807, 2.05) is 11.8 Å². The average molecular weight is 379 g/mol. The van der Waals surface area contributed by atoms with Gasteiger partial charge in [0, 0.05) is 37.1 Å². The summed E-state index contributed by atoms with van der Waals surface area (Å²) in [5.74, 6) is 2.35. The zero-order valence-electron chi connectivity index (χ0n) is 12.6. The van der Waals surface area contributed by atoms with Crippen LogP contribution in [0.5, 0.6) is 5.75 Å². The van der Waals surface area contributed by atoms with Crippen molar-refractivity contribution in [2.24, 2.45) is 0 Å². The van der Waals surface area contributed by atoms with Gasteiger partial charge in [0.15, 0.2) is 0 Å². The number of aliphatic hydroxyl groups is 1. The van der Waals surface area contributed by atoms with E-state index in [9.17, 15) is 9.90 Å². The van der Waals surface area contributed by atoms with Gasteiger partial charge in [0.2, 0.25) is 5.91 Å². The summed E-state index contributed by atoms with van der Waals surface area (Å²) in [6.07, 6.45) is -0.400. The third-order valence-corrected chi connectivity index (χ3v) is 5.24. The minimum absolute atomic E-state index is 0.0257. The van der Waals surface area contributed by atoms with Gasteiger partial charge >= 0.3 is 0 Å². The van der Waals surface area contributed by atoms with E-state index >= 15 is 0 Å². The molecule has 1 aromatic rings. The Balaban J connectivity index is 1.67. The van der Waals surface area contributed by atoms with E-state index in [0.717, 1.165) is 18.1 Å². The molecule has 8 heteroatoms. The Morgan fingerprint density at radius 2 is 2.35 bits per heavy atom. The van der Waals surface area contributed by atoms with E-state index in [2.05, 4.69) is 10.6 Å². The summed E-state index contributed by atoms with van der Waals surface area (Å²) in [7, 11) is 0. The predicted molar refractivity (Wildman–Crippen MR) is 94.7 cm³/mol.